The van der Waals surface area contributed by atoms with Gasteiger partial charge in [0.05, 0.1) is 0 Å². The van der Waals surface area contributed by atoms with Crippen molar-refractivity contribution in [3.8, 4) is 0 Å². The number of hydrogen-bond acceptors (Lipinski definition) is 1. The third-order valence-electron chi connectivity index (χ3n) is 2.17. The Labute approximate surface area is 106 Å². The average molecular weight is 229 g/mol. The van der Waals surface area contributed by atoms with Gasteiger partial charge in [-0.2, -0.15) is 0 Å². The second-order valence-corrected chi connectivity index (χ2v) is 3.64. The number of allylic oxidation sites excluding steroid dienone is 5. The Morgan fingerprint density at radius 3 is 2.41 bits per heavy atom. The van der Waals surface area contributed by atoms with Gasteiger partial charge in [0.2, 0.25) is 0 Å². The highest BCUT2D eigenvalue weighted by atomic mass is 14.8. The van der Waals surface area contributed by atoms with Crippen molar-refractivity contribution in [2.24, 2.45) is 0 Å². The smallest absolute Gasteiger partial charge is 0.0202 e. The molecule has 1 aromatic rings. The Morgan fingerprint density at radius 2 is 1.94 bits per heavy atom. The van der Waals surface area contributed by atoms with Crippen LogP contribution in [0.4, 0.5) is 0 Å². The Kier molecular flexibility index (Phi) is 9.88. The molecule has 0 aliphatic heterocycles. The topological polar surface area (TPSA) is 12.0 Å². The van der Waals surface area contributed by atoms with Gasteiger partial charge in [0, 0.05) is 6.54 Å². The van der Waals surface area contributed by atoms with E-state index in [0.717, 1.165) is 6.54 Å². The van der Waals surface area contributed by atoms with E-state index >= 15 is 0 Å². The highest BCUT2D eigenvalue weighted by Gasteiger charge is 1.83. The first-order valence-electron chi connectivity index (χ1n) is 5.85. The maximum Gasteiger partial charge on any atom is 0.0202 e. The molecule has 0 aliphatic rings. The zero-order valence-electron chi connectivity index (χ0n) is 11.1. The van der Waals surface area contributed by atoms with Crippen LogP contribution >= 0.6 is 0 Å². The second-order valence-electron chi connectivity index (χ2n) is 3.64. The highest BCUT2D eigenvalue weighted by molar-refractivity contribution is 5.18. The van der Waals surface area contributed by atoms with Gasteiger partial charge < -0.3 is 5.32 Å². The molecule has 1 rings (SSSR count). The molecule has 1 nitrogen and oxygen atoms in total. The normalized spacial score (nSPS) is 10.9. The minimum atomic E-state index is 0.959. The quantitative estimate of drug-likeness (QED) is 0.766. The maximum absolute atomic E-state index is 3.55. The summed E-state index contributed by atoms with van der Waals surface area (Å²) in [6.45, 7) is 8.58. The van der Waals surface area contributed by atoms with E-state index in [1.54, 1.807) is 6.08 Å². The van der Waals surface area contributed by atoms with E-state index in [1.165, 1.54) is 11.1 Å². The lowest BCUT2D eigenvalue weighted by atomic mass is 10.2. The summed E-state index contributed by atoms with van der Waals surface area (Å²) in [5, 5.41) is 3.08. The van der Waals surface area contributed by atoms with Gasteiger partial charge in [-0.1, -0.05) is 66.8 Å². The summed E-state index contributed by atoms with van der Waals surface area (Å²) < 4.78 is 0. The van der Waals surface area contributed by atoms with Crippen molar-refractivity contribution in [3.63, 3.8) is 0 Å². The van der Waals surface area contributed by atoms with Gasteiger partial charge in [0.25, 0.3) is 0 Å². The van der Waals surface area contributed by atoms with Crippen LogP contribution in [0.3, 0.4) is 0 Å². The summed E-state index contributed by atoms with van der Waals surface area (Å²) in [5.74, 6) is 0. The standard InChI is InChI=1S/C8H11N.C8H12/c1-9-7-8-5-3-2-4-6-8;1-4-6-7-8(3)5-2/h2-6,9H,7H2,1H3;4-7H,1H2,2-3H3/b;7-6-,8-5-. The summed E-state index contributed by atoms with van der Waals surface area (Å²) in [7, 11) is 1.95. The van der Waals surface area contributed by atoms with E-state index in [1.807, 2.05) is 44.3 Å². The van der Waals surface area contributed by atoms with Crippen LogP contribution in [-0.4, -0.2) is 7.05 Å². The van der Waals surface area contributed by atoms with Crippen molar-refractivity contribution in [2.45, 2.75) is 20.4 Å². The molecule has 0 saturated heterocycles. The van der Waals surface area contributed by atoms with Gasteiger partial charge >= 0.3 is 0 Å². The van der Waals surface area contributed by atoms with Crippen molar-refractivity contribution >= 4 is 0 Å². The average Bonchev–Trinajstić information content (AvgIpc) is 2.38. The molecule has 0 aliphatic carbocycles. The number of benzene rings is 1. The van der Waals surface area contributed by atoms with Crippen molar-refractivity contribution in [1.82, 2.24) is 5.32 Å². The molecule has 0 amide bonds. The van der Waals surface area contributed by atoms with Crippen LogP contribution in [0.5, 0.6) is 0 Å². The van der Waals surface area contributed by atoms with E-state index in [2.05, 4.69) is 37.0 Å². The first-order valence-corrected chi connectivity index (χ1v) is 5.85. The van der Waals surface area contributed by atoms with Crippen LogP contribution in [0, 0.1) is 0 Å². The van der Waals surface area contributed by atoms with E-state index in [0.29, 0.717) is 0 Å². The van der Waals surface area contributed by atoms with Gasteiger partial charge in [-0.15, -0.1) is 0 Å². The Bertz CT molecular complexity index is 347. The third-order valence-corrected chi connectivity index (χ3v) is 2.17. The van der Waals surface area contributed by atoms with Gasteiger partial charge in [-0.05, 0) is 26.5 Å². The summed E-state index contributed by atoms with van der Waals surface area (Å²) in [6, 6.07) is 10.3. The summed E-state index contributed by atoms with van der Waals surface area (Å²) >= 11 is 0. The maximum atomic E-state index is 3.55. The predicted molar refractivity (Wildman–Crippen MR) is 78.0 cm³/mol. The van der Waals surface area contributed by atoms with Crippen LogP contribution in [-0.2, 0) is 6.54 Å². The molecule has 1 aromatic carbocycles. The Balaban J connectivity index is 0.000000304. The Morgan fingerprint density at radius 1 is 1.29 bits per heavy atom. The molecule has 17 heavy (non-hydrogen) atoms. The molecule has 0 atom stereocenters. The fraction of sp³-hybridized carbons (Fsp3) is 0.250. The largest absolute Gasteiger partial charge is 0.316 e. The van der Waals surface area contributed by atoms with Crippen LogP contribution in [0.15, 0.2) is 66.8 Å². The molecule has 0 saturated carbocycles. The SMILES string of the molecule is C=C/C=C\C(C)=C/C.CNCc1ccccc1. The fourth-order valence-corrected chi connectivity index (χ4v) is 1.12. The van der Waals surface area contributed by atoms with Gasteiger partial charge in [0.1, 0.15) is 0 Å². The summed E-state index contributed by atoms with van der Waals surface area (Å²) in [4.78, 5) is 0. The van der Waals surface area contributed by atoms with Gasteiger partial charge in [-0.25, -0.2) is 0 Å². The van der Waals surface area contributed by atoms with Crippen LogP contribution in [0.1, 0.15) is 19.4 Å². The van der Waals surface area contributed by atoms with Gasteiger partial charge in [0.15, 0.2) is 0 Å². The van der Waals surface area contributed by atoms with E-state index in [9.17, 15) is 0 Å². The number of rotatable bonds is 4. The second kappa shape index (κ2) is 10.9. The highest BCUT2D eigenvalue weighted by Crippen LogP contribution is 1.95. The van der Waals surface area contributed by atoms with Crippen molar-refractivity contribution in [3.05, 3.63) is 72.4 Å². The zero-order valence-corrected chi connectivity index (χ0v) is 11.1. The van der Waals surface area contributed by atoms with E-state index < -0.39 is 0 Å². The molecular formula is C16H23N. The van der Waals surface area contributed by atoms with Crippen LogP contribution < -0.4 is 5.32 Å². The lowest BCUT2D eigenvalue weighted by Gasteiger charge is -1.95. The molecule has 0 radical (unpaired) electrons. The van der Waals surface area contributed by atoms with Crippen molar-refractivity contribution in [2.75, 3.05) is 7.05 Å². The zero-order chi connectivity index (χ0) is 12.9. The molecule has 0 aromatic heterocycles. The molecule has 1 N–H and O–H groups in total. The first kappa shape index (κ1) is 15.4. The summed E-state index contributed by atoms with van der Waals surface area (Å²) in [5.41, 5.74) is 2.60. The molecule has 0 unspecified atom stereocenters. The third kappa shape index (κ3) is 9.34. The molecule has 0 heterocycles. The van der Waals surface area contributed by atoms with Gasteiger partial charge in [-0.3, -0.25) is 0 Å². The fourth-order valence-electron chi connectivity index (χ4n) is 1.12. The molecular weight excluding hydrogens is 206 g/mol. The lowest BCUT2D eigenvalue weighted by Crippen LogP contribution is -2.04. The van der Waals surface area contributed by atoms with Crippen molar-refractivity contribution in [1.29, 1.82) is 0 Å². The minimum absolute atomic E-state index is 0.959. The van der Waals surface area contributed by atoms with E-state index in [-0.39, 0.29) is 0 Å². The van der Waals surface area contributed by atoms with Crippen molar-refractivity contribution < 1.29 is 0 Å². The molecule has 0 bridgehead atoms. The minimum Gasteiger partial charge on any atom is -0.316 e. The van der Waals surface area contributed by atoms with Crippen LogP contribution in [0.25, 0.3) is 0 Å². The van der Waals surface area contributed by atoms with Crippen LogP contribution in [0.2, 0.25) is 0 Å². The predicted octanol–water partition coefficient (Wildman–Crippen LogP) is 4.10. The van der Waals surface area contributed by atoms with E-state index in [4.69, 9.17) is 0 Å². The molecule has 92 valence electrons. The summed E-state index contributed by atoms with van der Waals surface area (Å²) in [6.07, 6.45) is 7.77. The first-order chi connectivity index (χ1) is 8.24. The molecule has 0 spiro atoms. The molecule has 1 heteroatoms. The lowest BCUT2D eigenvalue weighted by molar-refractivity contribution is 0.818. The number of nitrogens with one attached hydrogen (secondary N) is 1. The number of hydrogen-bond donors (Lipinski definition) is 1. The Hall–Kier alpha value is -1.60. The monoisotopic (exact) mass is 229 g/mol. The molecule has 0 fully saturated rings.